The van der Waals surface area contributed by atoms with Crippen molar-refractivity contribution in [3.63, 3.8) is 0 Å². The number of allylic oxidation sites excluding steroid dienone is 2. The van der Waals surface area contributed by atoms with Gasteiger partial charge in [-0.2, -0.15) is 0 Å². The third-order valence-electron chi connectivity index (χ3n) is 4.44. The summed E-state index contributed by atoms with van der Waals surface area (Å²) in [5.41, 5.74) is 7.94. The first kappa shape index (κ1) is 15.3. The number of carbonyl (C=O) groups is 2. The van der Waals surface area contributed by atoms with E-state index >= 15 is 0 Å². The Morgan fingerprint density at radius 2 is 1.91 bits per heavy atom. The van der Waals surface area contributed by atoms with Gasteiger partial charge in [-0.25, -0.2) is 4.79 Å². The van der Waals surface area contributed by atoms with Crippen molar-refractivity contribution in [3.05, 3.63) is 58.6 Å². The van der Waals surface area contributed by atoms with Crippen LogP contribution in [0.3, 0.4) is 0 Å². The lowest BCUT2D eigenvalue weighted by Crippen LogP contribution is -2.40. The number of aliphatic carboxylic acids is 1. The minimum atomic E-state index is -1.10. The molecule has 1 unspecified atom stereocenters. The Balaban J connectivity index is 2.20. The van der Waals surface area contributed by atoms with Gasteiger partial charge in [-0.3, -0.25) is 4.79 Å². The molecule has 0 bridgehead atoms. The molecule has 0 aromatic heterocycles. The van der Waals surface area contributed by atoms with Gasteiger partial charge in [0, 0.05) is 17.7 Å². The number of hydrogen-bond donors (Lipinski definition) is 3. The minimum Gasteiger partial charge on any atom is -0.478 e. The molecule has 5 heteroatoms. The molecule has 3 rings (SSSR count). The van der Waals surface area contributed by atoms with Gasteiger partial charge >= 0.3 is 5.97 Å². The predicted molar refractivity (Wildman–Crippen MR) is 86.2 cm³/mol. The fraction of sp³-hybridized carbons (Fsp3) is 0.333. The quantitative estimate of drug-likeness (QED) is 0.779. The second-order valence-electron chi connectivity index (χ2n) is 6.93. The molecule has 0 amide bonds. The third-order valence-corrected chi connectivity index (χ3v) is 4.44. The molecule has 1 atom stereocenters. The highest BCUT2D eigenvalue weighted by molar-refractivity contribution is 6.03. The van der Waals surface area contributed by atoms with Crippen LogP contribution in [-0.4, -0.2) is 16.9 Å². The average Bonchev–Trinajstić information content (AvgIpc) is 2.44. The summed E-state index contributed by atoms with van der Waals surface area (Å²) in [5, 5.41) is 12.6. The number of carbonyl (C=O) groups excluding carboxylic acids is 1. The van der Waals surface area contributed by atoms with Gasteiger partial charge in [-0.15, -0.1) is 0 Å². The van der Waals surface area contributed by atoms with E-state index in [1.165, 1.54) is 0 Å². The lowest BCUT2D eigenvalue weighted by Gasteiger charge is -2.38. The van der Waals surface area contributed by atoms with Crippen molar-refractivity contribution in [2.45, 2.75) is 32.6 Å². The molecular weight excluding hydrogens is 292 g/mol. The maximum absolute atomic E-state index is 12.7. The number of dihydropyridines is 1. The Morgan fingerprint density at radius 1 is 1.26 bits per heavy atom. The van der Waals surface area contributed by atoms with E-state index in [4.69, 9.17) is 5.73 Å². The van der Waals surface area contributed by atoms with Crippen molar-refractivity contribution in [2.24, 2.45) is 11.1 Å². The zero-order valence-corrected chi connectivity index (χ0v) is 13.2. The van der Waals surface area contributed by atoms with Crippen LogP contribution in [0.5, 0.6) is 0 Å². The van der Waals surface area contributed by atoms with E-state index in [-0.39, 0.29) is 22.6 Å². The van der Waals surface area contributed by atoms with Crippen LogP contribution in [0.4, 0.5) is 0 Å². The number of ketones is 1. The van der Waals surface area contributed by atoms with Gasteiger partial charge in [0.05, 0.1) is 11.5 Å². The summed E-state index contributed by atoms with van der Waals surface area (Å²) in [6.45, 7) is 4.06. The molecule has 120 valence electrons. The smallest absolute Gasteiger partial charge is 0.336 e. The summed E-state index contributed by atoms with van der Waals surface area (Å²) in [6, 6.07) is 9.21. The van der Waals surface area contributed by atoms with Crippen LogP contribution in [0.25, 0.3) is 0 Å². The van der Waals surface area contributed by atoms with Gasteiger partial charge in [-0.1, -0.05) is 44.2 Å². The largest absolute Gasteiger partial charge is 0.478 e. The molecule has 4 N–H and O–H groups in total. The summed E-state index contributed by atoms with van der Waals surface area (Å²) in [5.74, 6) is -1.61. The Labute approximate surface area is 134 Å². The van der Waals surface area contributed by atoms with Crippen LogP contribution in [0, 0.1) is 5.41 Å². The summed E-state index contributed by atoms with van der Waals surface area (Å²) < 4.78 is 0. The standard InChI is InChI=1S/C18H20N2O3/c1-18(2)8-11-14(12(21)9-18)13(10-6-4-3-5-7-10)15(17(22)23)16(19)20-11/h3-7,13,20H,8-9,19H2,1-2H3,(H,22,23). The van der Waals surface area contributed by atoms with Crippen LogP contribution >= 0.6 is 0 Å². The number of rotatable bonds is 2. The van der Waals surface area contributed by atoms with Gasteiger partial charge in [0.2, 0.25) is 0 Å². The number of nitrogens with one attached hydrogen (secondary N) is 1. The minimum absolute atomic E-state index is 0.0103. The highest BCUT2D eigenvalue weighted by Crippen LogP contribution is 2.45. The first-order valence-corrected chi connectivity index (χ1v) is 7.61. The number of carboxylic acid groups (broad SMARTS) is 1. The van der Waals surface area contributed by atoms with Crippen molar-refractivity contribution in [2.75, 3.05) is 0 Å². The number of carboxylic acids is 1. The Bertz CT molecular complexity index is 745. The molecule has 2 aliphatic rings. The summed E-state index contributed by atoms with van der Waals surface area (Å²) >= 11 is 0. The topological polar surface area (TPSA) is 92.4 Å². The number of nitrogens with two attached hydrogens (primary N) is 1. The van der Waals surface area contributed by atoms with Crippen LogP contribution in [0.1, 0.15) is 38.2 Å². The Hall–Kier alpha value is -2.56. The highest BCUT2D eigenvalue weighted by atomic mass is 16.4. The number of Topliss-reactive ketones (excluding diaryl/α,β-unsaturated/α-hetero) is 1. The molecule has 0 spiro atoms. The first-order chi connectivity index (χ1) is 10.8. The number of hydrogen-bond acceptors (Lipinski definition) is 4. The normalized spacial score (nSPS) is 23.4. The predicted octanol–water partition coefficient (Wildman–Crippen LogP) is 2.27. The molecule has 1 aliphatic heterocycles. The van der Waals surface area contributed by atoms with Gasteiger partial charge in [0.1, 0.15) is 5.82 Å². The van der Waals surface area contributed by atoms with Crippen molar-refractivity contribution < 1.29 is 14.7 Å². The molecule has 1 heterocycles. The molecule has 0 fully saturated rings. The van der Waals surface area contributed by atoms with Gasteiger partial charge < -0.3 is 16.2 Å². The fourth-order valence-corrected chi connectivity index (χ4v) is 3.53. The van der Waals surface area contributed by atoms with Crippen molar-refractivity contribution in [1.82, 2.24) is 5.32 Å². The summed E-state index contributed by atoms with van der Waals surface area (Å²) in [4.78, 5) is 24.5. The first-order valence-electron chi connectivity index (χ1n) is 7.61. The lowest BCUT2D eigenvalue weighted by molar-refractivity contribution is -0.133. The third kappa shape index (κ3) is 2.63. The van der Waals surface area contributed by atoms with E-state index in [1.807, 2.05) is 44.2 Å². The van der Waals surface area contributed by atoms with E-state index in [1.54, 1.807) is 0 Å². The molecule has 1 aromatic rings. The van der Waals surface area contributed by atoms with Crippen molar-refractivity contribution in [1.29, 1.82) is 0 Å². The van der Waals surface area contributed by atoms with Crippen molar-refractivity contribution >= 4 is 11.8 Å². The van der Waals surface area contributed by atoms with Crippen LogP contribution in [0.2, 0.25) is 0 Å². The van der Waals surface area contributed by atoms with Crippen LogP contribution < -0.4 is 11.1 Å². The SMILES string of the molecule is CC1(C)CC(=O)C2=C(C1)NC(N)=C(C(=O)O)C2c1ccccc1. The zero-order chi connectivity index (χ0) is 16.8. The lowest BCUT2D eigenvalue weighted by atomic mass is 9.69. The maximum Gasteiger partial charge on any atom is 0.336 e. The molecule has 5 nitrogen and oxygen atoms in total. The van der Waals surface area contributed by atoms with E-state index in [0.717, 1.165) is 11.3 Å². The van der Waals surface area contributed by atoms with Crippen LogP contribution in [0.15, 0.2) is 53.0 Å². The van der Waals surface area contributed by atoms with E-state index in [9.17, 15) is 14.7 Å². The summed E-state index contributed by atoms with van der Waals surface area (Å²) in [7, 11) is 0. The second-order valence-corrected chi connectivity index (χ2v) is 6.93. The molecule has 0 saturated heterocycles. The molecule has 1 aliphatic carbocycles. The van der Waals surface area contributed by atoms with E-state index in [0.29, 0.717) is 18.4 Å². The van der Waals surface area contributed by atoms with E-state index in [2.05, 4.69) is 5.32 Å². The maximum atomic E-state index is 12.7. The highest BCUT2D eigenvalue weighted by Gasteiger charge is 2.42. The Morgan fingerprint density at radius 3 is 2.52 bits per heavy atom. The molecule has 1 aromatic carbocycles. The van der Waals surface area contributed by atoms with Crippen molar-refractivity contribution in [3.8, 4) is 0 Å². The van der Waals surface area contributed by atoms with Gasteiger partial charge in [0.15, 0.2) is 5.78 Å². The molecule has 0 radical (unpaired) electrons. The fourth-order valence-electron chi connectivity index (χ4n) is 3.53. The Kier molecular flexibility index (Phi) is 3.51. The second kappa shape index (κ2) is 5.26. The van der Waals surface area contributed by atoms with E-state index < -0.39 is 11.9 Å². The molecule has 23 heavy (non-hydrogen) atoms. The average molecular weight is 312 g/mol. The van der Waals surface area contributed by atoms with Gasteiger partial charge in [0.25, 0.3) is 0 Å². The zero-order valence-electron chi connectivity index (χ0n) is 13.2. The van der Waals surface area contributed by atoms with Crippen LogP contribution in [-0.2, 0) is 9.59 Å². The van der Waals surface area contributed by atoms with Gasteiger partial charge in [-0.05, 0) is 17.4 Å². The summed E-state index contributed by atoms with van der Waals surface area (Å²) in [6.07, 6.45) is 1.08. The number of benzene rings is 1. The molecular formula is C18H20N2O3. The molecule has 0 saturated carbocycles. The monoisotopic (exact) mass is 312 g/mol.